The average Bonchev–Trinajstić information content (AvgIpc) is 3.64. The Morgan fingerprint density at radius 2 is 1.89 bits per heavy atom. The summed E-state index contributed by atoms with van der Waals surface area (Å²) in [6.07, 6.45) is -1.83. The molecule has 0 spiro atoms. The molecule has 2 aromatic carbocycles. The Labute approximate surface area is 267 Å². The molecule has 2 aliphatic heterocycles. The van der Waals surface area contributed by atoms with Crippen LogP contribution in [0.2, 0.25) is 5.02 Å². The predicted molar refractivity (Wildman–Crippen MR) is 161 cm³/mol. The number of piperidine rings is 1. The Balaban J connectivity index is 1.18. The van der Waals surface area contributed by atoms with Crippen LogP contribution >= 0.6 is 11.6 Å². The minimum absolute atomic E-state index is 0.0994. The number of rotatable bonds is 8. The highest BCUT2D eigenvalue weighted by atomic mass is 35.5. The molecule has 46 heavy (non-hydrogen) atoms. The van der Waals surface area contributed by atoms with Gasteiger partial charge in [-0.3, -0.25) is 15.0 Å². The van der Waals surface area contributed by atoms with E-state index in [2.05, 4.69) is 20.0 Å². The fraction of sp³-hybridized carbons (Fsp3) is 0.387. The highest BCUT2D eigenvalue weighted by Gasteiger charge is 2.43. The number of likely N-dealkylation sites (tertiary alicyclic amines) is 1. The van der Waals surface area contributed by atoms with E-state index in [0.29, 0.717) is 42.4 Å². The van der Waals surface area contributed by atoms with Gasteiger partial charge in [0, 0.05) is 41.6 Å². The Morgan fingerprint density at radius 1 is 1.13 bits per heavy atom. The second-order valence-electron chi connectivity index (χ2n) is 11.5. The van der Waals surface area contributed by atoms with Crippen LogP contribution in [-0.2, 0) is 34.1 Å². The van der Waals surface area contributed by atoms with Crippen molar-refractivity contribution in [2.45, 2.75) is 56.9 Å². The molecule has 0 amide bonds. The molecule has 9 nitrogen and oxygen atoms in total. The monoisotopic (exact) mass is 679 g/mol. The summed E-state index contributed by atoms with van der Waals surface area (Å²) >= 11 is 5.94. The van der Waals surface area contributed by atoms with E-state index in [-0.39, 0.29) is 39.4 Å². The summed E-state index contributed by atoms with van der Waals surface area (Å²) in [6, 6.07) is 11.5. The Bertz CT molecular complexity index is 1880. The van der Waals surface area contributed by atoms with E-state index in [1.54, 1.807) is 25.1 Å². The smallest absolute Gasteiger partial charge is 0.444 e. The van der Waals surface area contributed by atoms with Crippen LogP contribution in [0.4, 0.5) is 17.6 Å². The van der Waals surface area contributed by atoms with Gasteiger partial charge >= 0.3 is 6.18 Å². The SMILES string of the molecule is CCS(=O)(=O)Cc1cc(-c2n[nH]c(C(F)(F)F)n2)cnc1CN1CCC(c2cccc3c2O[C@](C)(c2ccc(Cl)cc2F)O3)CC1. The number of aromatic nitrogens is 4. The van der Waals surface area contributed by atoms with E-state index in [0.717, 1.165) is 18.4 Å². The van der Waals surface area contributed by atoms with E-state index in [4.69, 9.17) is 21.1 Å². The first-order chi connectivity index (χ1) is 21.7. The van der Waals surface area contributed by atoms with Crippen LogP contribution in [0.3, 0.4) is 0 Å². The zero-order valence-electron chi connectivity index (χ0n) is 24.9. The number of fused-ring (bicyclic) bond motifs is 1. The average molecular weight is 680 g/mol. The lowest BCUT2D eigenvalue weighted by atomic mass is 9.88. The van der Waals surface area contributed by atoms with Gasteiger partial charge in [-0.15, -0.1) is 0 Å². The number of ether oxygens (including phenoxy) is 2. The number of pyridine rings is 1. The summed E-state index contributed by atoms with van der Waals surface area (Å²) in [4.78, 5) is 10.1. The first kappa shape index (κ1) is 32.2. The molecule has 2 aromatic heterocycles. The number of halogens is 5. The zero-order valence-corrected chi connectivity index (χ0v) is 26.4. The van der Waals surface area contributed by atoms with Gasteiger partial charge in [-0.25, -0.2) is 17.8 Å². The molecular weight excluding hydrogens is 650 g/mol. The molecule has 0 aliphatic carbocycles. The summed E-state index contributed by atoms with van der Waals surface area (Å²) in [5.41, 5.74) is 2.28. The lowest BCUT2D eigenvalue weighted by Crippen LogP contribution is -2.34. The van der Waals surface area contributed by atoms with E-state index < -0.39 is 33.4 Å². The Kier molecular flexibility index (Phi) is 8.49. The van der Waals surface area contributed by atoms with Gasteiger partial charge in [-0.1, -0.05) is 30.7 Å². The predicted octanol–water partition coefficient (Wildman–Crippen LogP) is 6.64. The number of aromatic amines is 1. The number of hydrogen-bond acceptors (Lipinski definition) is 8. The number of nitrogens with zero attached hydrogens (tertiary/aromatic N) is 4. The van der Waals surface area contributed by atoms with Crippen molar-refractivity contribution in [3.8, 4) is 22.9 Å². The fourth-order valence-electron chi connectivity index (χ4n) is 5.84. The molecule has 1 saturated heterocycles. The van der Waals surface area contributed by atoms with Crippen LogP contribution in [0, 0.1) is 5.82 Å². The van der Waals surface area contributed by atoms with Crippen LogP contribution in [0.25, 0.3) is 11.4 Å². The number of H-pyrrole nitrogens is 1. The molecule has 0 bridgehead atoms. The van der Waals surface area contributed by atoms with Crippen molar-refractivity contribution in [3.63, 3.8) is 0 Å². The van der Waals surface area contributed by atoms with E-state index in [1.807, 2.05) is 17.2 Å². The third-order valence-electron chi connectivity index (χ3n) is 8.32. The highest BCUT2D eigenvalue weighted by molar-refractivity contribution is 7.90. The van der Waals surface area contributed by atoms with Gasteiger partial charge in [0.1, 0.15) is 5.82 Å². The molecule has 4 heterocycles. The normalized spacial score (nSPS) is 19.1. The number of sulfone groups is 1. The highest BCUT2D eigenvalue weighted by Crippen LogP contribution is 2.50. The van der Waals surface area contributed by atoms with Gasteiger partial charge in [0.25, 0.3) is 5.79 Å². The first-order valence-electron chi connectivity index (χ1n) is 14.6. The molecule has 0 radical (unpaired) electrons. The molecule has 0 saturated carbocycles. The van der Waals surface area contributed by atoms with Crippen molar-refractivity contribution >= 4 is 21.4 Å². The third-order valence-corrected chi connectivity index (χ3v) is 10.2. The van der Waals surface area contributed by atoms with Crippen LogP contribution in [0.15, 0.2) is 48.7 Å². The van der Waals surface area contributed by atoms with Gasteiger partial charge < -0.3 is 9.47 Å². The fourth-order valence-corrected chi connectivity index (χ4v) is 6.92. The molecule has 0 unspecified atom stereocenters. The van der Waals surface area contributed by atoms with Crippen molar-refractivity contribution < 1.29 is 35.5 Å². The quantitative estimate of drug-likeness (QED) is 0.207. The molecule has 1 atom stereocenters. The Hall–Kier alpha value is -3.75. The van der Waals surface area contributed by atoms with Crippen LogP contribution in [-0.4, -0.2) is 52.3 Å². The first-order valence-corrected chi connectivity index (χ1v) is 16.8. The van der Waals surface area contributed by atoms with Crippen LogP contribution < -0.4 is 9.47 Å². The molecule has 6 rings (SSSR count). The summed E-state index contributed by atoms with van der Waals surface area (Å²) in [5.74, 6) is -2.56. The van der Waals surface area contributed by atoms with Crippen molar-refractivity contribution in [2.75, 3.05) is 18.8 Å². The molecular formula is C31H30ClF4N5O4S. The van der Waals surface area contributed by atoms with E-state index >= 15 is 0 Å². The maximum Gasteiger partial charge on any atom is 0.451 e. The van der Waals surface area contributed by atoms with Gasteiger partial charge in [-0.2, -0.15) is 18.3 Å². The van der Waals surface area contributed by atoms with Gasteiger partial charge in [0.05, 0.1) is 17.0 Å². The summed E-state index contributed by atoms with van der Waals surface area (Å²) < 4.78 is 91.5. The van der Waals surface area contributed by atoms with Crippen molar-refractivity contribution in [3.05, 3.63) is 87.7 Å². The number of para-hydroxylation sites is 1. The molecule has 1 N–H and O–H groups in total. The van der Waals surface area contributed by atoms with Gasteiger partial charge in [-0.05, 0) is 67.7 Å². The minimum atomic E-state index is -4.70. The van der Waals surface area contributed by atoms with Gasteiger partial charge in [0.2, 0.25) is 5.82 Å². The third kappa shape index (κ3) is 6.56. The maximum atomic E-state index is 14.8. The van der Waals surface area contributed by atoms with Gasteiger partial charge in [0.15, 0.2) is 27.2 Å². The zero-order chi connectivity index (χ0) is 32.9. The maximum absolute atomic E-state index is 14.8. The lowest BCUT2D eigenvalue weighted by molar-refractivity contribution is -0.144. The van der Waals surface area contributed by atoms with Crippen LogP contribution in [0.1, 0.15) is 60.8 Å². The molecule has 244 valence electrons. The minimum Gasteiger partial charge on any atom is -0.444 e. The van der Waals surface area contributed by atoms with Crippen molar-refractivity contribution in [2.24, 2.45) is 0 Å². The second kappa shape index (κ2) is 12.1. The molecule has 4 aromatic rings. The largest absolute Gasteiger partial charge is 0.451 e. The topological polar surface area (TPSA) is 110 Å². The number of nitrogens with one attached hydrogen (secondary N) is 1. The Morgan fingerprint density at radius 3 is 2.57 bits per heavy atom. The molecule has 15 heteroatoms. The summed E-state index contributed by atoms with van der Waals surface area (Å²) in [6.45, 7) is 4.88. The van der Waals surface area contributed by atoms with Crippen LogP contribution in [0.5, 0.6) is 11.5 Å². The summed E-state index contributed by atoms with van der Waals surface area (Å²) in [5, 5.41) is 5.80. The number of alkyl halides is 3. The van der Waals surface area contributed by atoms with E-state index in [9.17, 15) is 26.0 Å². The summed E-state index contributed by atoms with van der Waals surface area (Å²) in [7, 11) is -3.48. The molecule has 1 fully saturated rings. The standard InChI is InChI=1S/C31H30ClF4N5O4S/c1-3-46(42,43)17-20-13-19(28-38-29(40-39-28)31(34,35)36)15-37-25(20)16-41-11-9-18(10-12-41)22-5-4-6-26-27(22)45-30(2,44-26)23-8-7-21(32)14-24(23)33/h4-8,13-15,18H,3,9-12,16-17H2,1-2H3,(H,38,39,40)/t30-/m1/s1. The van der Waals surface area contributed by atoms with Crippen molar-refractivity contribution in [1.82, 2.24) is 25.1 Å². The molecule has 2 aliphatic rings. The second-order valence-corrected chi connectivity index (χ2v) is 14.3. The number of benzene rings is 2. The lowest BCUT2D eigenvalue weighted by Gasteiger charge is -2.33. The van der Waals surface area contributed by atoms with E-state index in [1.165, 1.54) is 25.3 Å². The number of hydrogen-bond donors (Lipinski definition) is 1. The van der Waals surface area contributed by atoms with Crippen molar-refractivity contribution in [1.29, 1.82) is 0 Å².